The Hall–Kier alpha value is -3.22. The summed E-state index contributed by atoms with van der Waals surface area (Å²) in [6.45, 7) is 7.64. The highest BCUT2D eigenvalue weighted by Gasteiger charge is 2.30. The Labute approximate surface area is 247 Å². The molecule has 0 aliphatic rings. The molecule has 0 aromatic heterocycles. The first-order chi connectivity index (χ1) is 19.4. The molecular weight excluding hydrogens is 547 g/mol. The summed E-state index contributed by atoms with van der Waals surface area (Å²) >= 11 is 12.4. The maximum absolute atomic E-state index is 13.9. The molecule has 0 radical (unpaired) electrons. The molecule has 3 rings (SSSR count). The number of nitrogens with one attached hydrogen (secondary N) is 1. The van der Waals surface area contributed by atoms with Crippen LogP contribution < -0.4 is 14.8 Å². The van der Waals surface area contributed by atoms with Crippen molar-refractivity contribution in [1.29, 1.82) is 0 Å². The summed E-state index contributed by atoms with van der Waals surface area (Å²) in [5.74, 6) is 1.02. The van der Waals surface area contributed by atoms with E-state index in [1.807, 2.05) is 75.4 Å². The van der Waals surface area contributed by atoms with Crippen LogP contribution in [0.25, 0.3) is 0 Å². The second-order valence-corrected chi connectivity index (χ2v) is 10.2. The van der Waals surface area contributed by atoms with Crippen molar-refractivity contribution in [3.05, 3.63) is 93.5 Å². The van der Waals surface area contributed by atoms with Gasteiger partial charge in [0.15, 0.2) is 11.5 Å². The molecule has 0 saturated heterocycles. The van der Waals surface area contributed by atoms with Gasteiger partial charge in [0, 0.05) is 25.9 Å². The maximum atomic E-state index is 13.9. The van der Waals surface area contributed by atoms with Crippen molar-refractivity contribution in [1.82, 2.24) is 10.2 Å². The molecule has 214 valence electrons. The number of amides is 2. The third-order valence-corrected chi connectivity index (χ3v) is 7.13. The van der Waals surface area contributed by atoms with Crippen molar-refractivity contribution >= 4 is 35.0 Å². The average Bonchev–Trinajstić information content (AvgIpc) is 2.96. The van der Waals surface area contributed by atoms with E-state index in [4.69, 9.17) is 32.7 Å². The van der Waals surface area contributed by atoms with Gasteiger partial charge in [0.25, 0.3) is 0 Å². The number of carbonyl (C=O) groups is 2. The minimum absolute atomic E-state index is 0.134. The second-order valence-electron chi connectivity index (χ2n) is 9.41. The van der Waals surface area contributed by atoms with Gasteiger partial charge in [-0.3, -0.25) is 9.59 Å². The number of ether oxygens (including phenoxy) is 2. The van der Waals surface area contributed by atoms with Gasteiger partial charge in [-0.05, 0) is 67.6 Å². The van der Waals surface area contributed by atoms with Crippen LogP contribution in [0, 0.1) is 0 Å². The number of benzene rings is 3. The first-order valence-corrected chi connectivity index (χ1v) is 14.5. The Morgan fingerprint density at radius 3 is 2.20 bits per heavy atom. The molecule has 2 amide bonds. The number of carbonyl (C=O) groups excluding carboxylic acids is 2. The predicted molar refractivity (Wildman–Crippen MR) is 161 cm³/mol. The van der Waals surface area contributed by atoms with Gasteiger partial charge in [-0.15, -0.1) is 0 Å². The summed E-state index contributed by atoms with van der Waals surface area (Å²) in [5, 5.41) is 3.84. The van der Waals surface area contributed by atoms with Gasteiger partial charge in [0.2, 0.25) is 11.8 Å². The highest BCUT2D eigenvalue weighted by molar-refractivity contribution is 6.42. The van der Waals surface area contributed by atoms with Gasteiger partial charge >= 0.3 is 0 Å². The molecule has 3 aromatic carbocycles. The van der Waals surface area contributed by atoms with Gasteiger partial charge in [0.1, 0.15) is 6.04 Å². The topological polar surface area (TPSA) is 67.9 Å². The minimum atomic E-state index is -0.699. The molecule has 0 aliphatic carbocycles. The molecule has 0 fully saturated rings. The molecule has 40 heavy (non-hydrogen) atoms. The standard InChI is InChI=1S/C32H38Cl2N2O4/c1-4-18-35-32(38)28(20-23-10-8-7-9-11-23)36(22-25-12-15-26(33)27(34)19-25)31(37)17-14-24-13-16-29(39-5-2)30(21-24)40-6-3/h7-13,15-16,19,21,28H,4-6,14,17-18,20,22H2,1-3H3,(H,35,38). The van der Waals surface area contributed by atoms with Crippen LogP contribution in [-0.4, -0.2) is 42.5 Å². The summed E-state index contributed by atoms with van der Waals surface area (Å²) in [7, 11) is 0. The summed E-state index contributed by atoms with van der Waals surface area (Å²) < 4.78 is 11.4. The van der Waals surface area contributed by atoms with E-state index in [0.29, 0.717) is 54.1 Å². The molecule has 0 heterocycles. The Kier molecular flexibility index (Phi) is 12.6. The van der Waals surface area contributed by atoms with E-state index in [1.54, 1.807) is 17.0 Å². The van der Waals surface area contributed by atoms with E-state index in [1.165, 1.54) is 0 Å². The number of hydrogen-bond donors (Lipinski definition) is 1. The molecule has 0 aliphatic heterocycles. The number of halogens is 2. The van der Waals surface area contributed by atoms with Crippen LogP contribution >= 0.6 is 23.2 Å². The summed E-state index contributed by atoms with van der Waals surface area (Å²) in [6.07, 6.45) is 1.89. The monoisotopic (exact) mass is 584 g/mol. The number of nitrogens with zero attached hydrogens (tertiary/aromatic N) is 1. The first kappa shape index (κ1) is 31.3. The smallest absolute Gasteiger partial charge is 0.243 e. The first-order valence-electron chi connectivity index (χ1n) is 13.8. The maximum Gasteiger partial charge on any atom is 0.243 e. The highest BCUT2D eigenvalue weighted by atomic mass is 35.5. The third-order valence-electron chi connectivity index (χ3n) is 6.39. The van der Waals surface area contributed by atoms with E-state index >= 15 is 0 Å². The minimum Gasteiger partial charge on any atom is -0.490 e. The molecule has 8 heteroatoms. The van der Waals surface area contributed by atoms with Crippen LogP contribution in [0.1, 0.15) is 50.3 Å². The van der Waals surface area contributed by atoms with Gasteiger partial charge in [-0.1, -0.05) is 72.6 Å². The van der Waals surface area contributed by atoms with Gasteiger partial charge in [-0.25, -0.2) is 0 Å². The Bertz CT molecular complexity index is 1250. The van der Waals surface area contributed by atoms with E-state index in [2.05, 4.69) is 5.32 Å². The van der Waals surface area contributed by atoms with Crippen LogP contribution in [-0.2, 0) is 29.0 Å². The van der Waals surface area contributed by atoms with Crippen LogP contribution in [0.15, 0.2) is 66.7 Å². The molecule has 6 nitrogen and oxygen atoms in total. The van der Waals surface area contributed by atoms with Crippen LogP contribution in [0.2, 0.25) is 10.0 Å². The lowest BCUT2D eigenvalue weighted by Crippen LogP contribution is -2.50. The molecule has 3 aromatic rings. The van der Waals surface area contributed by atoms with Gasteiger partial charge < -0.3 is 19.7 Å². The number of hydrogen-bond acceptors (Lipinski definition) is 4. The van der Waals surface area contributed by atoms with Crippen LogP contribution in [0.5, 0.6) is 11.5 Å². The fraction of sp³-hybridized carbons (Fsp3) is 0.375. The second kappa shape index (κ2) is 16.1. The SMILES string of the molecule is CCCNC(=O)C(Cc1ccccc1)N(Cc1ccc(Cl)c(Cl)c1)C(=O)CCc1ccc(OCC)c(OCC)c1. The zero-order valence-corrected chi connectivity index (χ0v) is 24.9. The van der Waals surface area contributed by atoms with Crippen molar-refractivity contribution < 1.29 is 19.1 Å². The van der Waals surface area contributed by atoms with Crippen molar-refractivity contribution in [2.45, 2.75) is 59.0 Å². The molecule has 0 bridgehead atoms. The largest absolute Gasteiger partial charge is 0.490 e. The lowest BCUT2D eigenvalue weighted by atomic mass is 10.0. The molecule has 1 unspecified atom stereocenters. The highest BCUT2D eigenvalue weighted by Crippen LogP contribution is 2.29. The quantitative estimate of drug-likeness (QED) is 0.211. The molecule has 1 atom stereocenters. The van der Waals surface area contributed by atoms with E-state index in [0.717, 1.165) is 23.1 Å². The van der Waals surface area contributed by atoms with Gasteiger partial charge in [0.05, 0.1) is 23.3 Å². The lowest BCUT2D eigenvalue weighted by molar-refractivity contribution is -0.141. The summed E-state index contributed by atoms with van der Waals surface area (Å²) in [6, 6.07) is 20.1. The molecule has 0 spiro atoms. The van der Waals surface area contributed by atoms with Crippen molar-refractivity contribution in [3.63, 3.8) is 0 Å². The molecular formula is C32H38Cl2N2O4. The van der Waals surface area contributed by atoms with E-state index in [-0.39, 0.29) is 24.8 Å². The zero-order chi connectivity index (χ0) is 28.9. The summed E-state index contributed by atoms with van der Waals surface area (Å²) in [4.78, 5) is 29.0. The van der Waals surface area contributed by atoms with Crippen LogP contribution in [0.3, 0.4) is 0 Å². The van der Waals surface area contributed by atoms with Crippen molar-refractivity contribution in [3.8, 4) is 11.5 Å². The molecule has 1 N–H and O–H groups in total. The number of rotatable bonds is 15. The van der Waals surface area contributed by atoms with Gasteiger partial charge in [-0.2, -0.15) is 0 Å². The Morgan fingerprint density at radius 1 is 0.825 bits per heavy atom. The lowest BCUT2D eigenvalue weighted by Gasteiger charge is -2.32. The average molecular weight is 586 g/mol. The van der Waals surface area contributed by atoms with E-state index in [9.17, 15) is 9.59 Å². The Morgan fingerprint density at radius 2 is 1.52 bits per heavy atom. The van der Waals surface area contributed by atoms with E-state index < -0.39 is 6.04 Å². The number of aryl methyl sites for hydroxylation is 1. The fourth-order valence-corrected chi connectivity index (χ4v) is 4.72. The van der Waals surface area contributed by atoms with Crippen molar-refractivity contribution in [2.24, 2.45) is 0 Å². The van der Waals surface area contributed by atoms with Crippen LogP contribution in [0.4, 0.5) is 0 Å². The zero-order valence-electron chi connectivity index (χ0n) is 23.4. The fourth-order valence-electron chi connectivity index (χ4n) is 4.40. The normalized spacial score (nSPS) is 11.5. The summed E-state index contributed by atoms with van der Waals surface area (Å²) in [5.41, 5.74) is 2.72. The van der Waals surface area contributed by atoms with Crippen molar-refractivity contribution in [2.75, 3.05) is 19.8 Å². The Balaban J connectivity index is 1.90. The molecule has 0 saturated carbocycles. The third kappa shape index (κ3) is 9.17. The predicted octanol–water partition coefficient (Wildman–Crippen LogP) is 6.89.